The number of carboxylic acid groups (broad SMARTS) is 1. The Balaban J connectivity index is 1.69. The molecule has 5 nitrogen and oxygen atoms in total. The maximum Gasteiger partial charge on any atom is 0.321 e. The first-order valence-corrected chi connectivity index (χ1v) is 9.30. The second kappa shape index (κ2) is 8.38. The summed E-state index contributed by atoms with van der Waals surface area (Å²) in [6, 6.07) is 13.0. The molecular formula is C20H21BrN2O3. The maximum absolute atomic E-state index is 11.7. The molecule has 0 saturated heterocycles. The summed E-state index contributed by atoms with van der Waals surface area (Å²) in [5.74, 6) is -0.0786. The first kappa shape index (κ1) is 18.5. The highest BCUT2D eigenvalue weighted by Crippen LogP contribution is 2.26. The monoisotopic (exact) mass is 416 g/mol. The van der Waals surface area contributed by atoms with Gasteiger partial charge in [-0.05, 0) is 52.2 Å². The minimum atomic E-state index is -0.861. The number of hydrogen-bond acceptors (Lipinski definition) is 3. The van der Waals surface area contributed by atoms with Crippen molar-refractivity contribution in [1.82, 2.24) is 10.3 Å². The van der Waals surface area contributed by atoms with Gasteiger partial charge in [0.15, 0.2) is 0 Å². The maximum atomic E-state index is 11.7. The molecule has 0 saturated carbocycles. The number of carbonyl (C=O) groups is 1. The number of fused-ring (bicyclic) bond motifs is 1. The van der Waals surface area contributed by atoms with Crippen LogP contribution in [-0.4, -0.2) is 28.7 Å². The van der Waals surface area contributed by atoms with Gasteiger partial charge in [0.2, 0.25) is 0 Å². The van der Waals surface area contributed by atoms with Gasteiger partial charge in [-0.1, -0.05) is 24.3 Å². The van der Waals surface area contributed by atoms with Crippen molar-refractivity contribution in [2.45, 2.75) is 25.9 Å². The lowest BCUT2D eigenvalue weighted by molar-refractivity contribution is -0.139. The molecule has 1 atom stereocenters. The van der Waals surface area contributed by atoms with Crippen LogP contribution < -0.4 is 10.1 Å². The number of aromatic amines is 1. The number of carboxylic acids is 1. The van der Waals surface area contributed by atoms with Crippen LogP contribution in [0, 0.1) is 0 Å². The minimum absolute atomic E-state index is 0.414. The third-order valence-electron chi connectivity index (χ3n) is 4.25. The summed E-state index contributed by atoms with van der Waals surface area (Å²) in [5, 5.41) is 13.8. The van der Waals surface area contributed by atoms with Gasteiger partial charge < -0.3 is 20.1 Å². The Morgan fingerprint density at radius 1 is 1.31 bits per heavy atom. The molecule has 136 valence electrons. The lowest BCUT2D eigenvalue weighted by Gasteiger charge is -2.15. The number of hydrogen-bond donors (Lipinski definition) is 3. The molecule has 26 heavy (non-hydrogen) atoms. The molecule has 0 spiro atoms. The number of aromatic nitrogens is 1. The van der Waals surface area contributed by atoms with Crippen molar-refractivity contribution in [1.29, 1.82) is 0 Å². The van der Waals surface area contributed by atoms with E-state index in [1.54, 1.807) is 0 Å². The van der Waals surface area contributed by atoms with Gasteiger partial charge in [-0.15, -0.1) is 0 Å². The van der Waals surface area contributed by atoms with Gasteiger partial charge in [-0.3, -0.25) is 4.79 Å². The van der Waals surface area contributed by atoms with Gasteiger partial charge in [0.05, 0.1) is 11.1 Å². The second-order valence-corrected chi connectivity index (χ2v) is 6.89. The standard InChI is InChI=1S/C20H21BrN2O3/c1-2-26-19-8-7-13(9-16(19)21)11-22-18(20(24)25)10-14-12-23-17-6-4-3-5-15(14)17/h3-9,12,18,22-23H,2,10-11H2,1H3,(H,24,25). The van der Waals surface area contributed by atoms with Crippen LogP contribution in [0.3, 0.4) is 0 Å². The van der Waals surface area contributed by atoms with E-state index in [1.165, 1.54) is 0 Å². The smallest absolute Gasteiger partial charge is 0.321 e. The van der Waals surface area contributed by atoms with Crippen LogP contribution in [0.5, 0.6) is 5.75 Å². The topological polar surface area (TPSA) is 74.3 Å². The molecule has 0 bridgehead atoms. The average Bonchev–Trinajstić information content (AvgIpc) is 3.03. The number of aliphatic carboxylic acids is 1. The molecule has 0 aliphatic carbocycles. The highest BCUT2D eigenvalue weighted by atomic mass is 79.9. The molecule has 0 fully saturated rings. The van der Waals surface area contributed by atoms with Crippen LogP contribution in [0.2, 0.25) is 0 Å². The Hall–Kier alpha value is -2.31. The van der Waals surface area contributed by atoms with Crippen LogP contribution in [0.25, 0.3) is 10.9 Å². The zero-order valence-electron chi connectivity index (χ0n) is 14.5. The first-order valence-electron chi connectivity index (χ1n) is 8.51. The van der Waals surface area contributed by atoms with Crippen LogP contribution in [-0.2, 0) is 17.8 Å². The summed E-state index contributed by atoms with van der Waals surface area (Å²) < 4.78 is 6.36. The quantitative estimate of drug-likeness (QED) is 0.516. The van der Waals surface area contributed by atoms with Crippen molar-refractivity contribution in [3.63, 3.8) is 0 Å². The molecule has 0 aliphatic heterocycles. The van der Waals surface area contributed by atoms with Gasteiger partial charge >= 0.3 is 5.97 Å². The summed E-state index contributed by atoms with van der Waals surface area (Å²) in [6.07, 6.45) is 2.30. The third kappa shape index (κ3) is 4.26. The molecule has 3 rings (SSSR count). The molecule has 0 radical (unpaired) electrons. The van der Waals surface area contributed by atoms with Crippen LogP contribution in [0.15, 0.2) is 53.1 Å². The van der Waals surface area contributed by atoms with Crippen LogP contribution in [0.1, 0.15) is 18.1 Å². The Bertz CT molecular complexity index is 907. The van der Waals surface area contributed by atoms with Crippen molar-refractivity contribution in [2.24, 2.45) is 0 Å². The zero-order chi connectivity index (χ0) is 18.5. The van der Waals surface area contributed by atoms with Gasteiger partial charge in [-0.2, -0.15) is 0 Å². The largest absolute Gasteiger partial charge is 0.493 e. The fourth-order valence-electron chi connectivity index (χ4n) is 2.94. The molecule has 1 aromatic heterocycles. The third-order valence-corrected chi connectivity index (χ3v) is 4.87. The predicted molar refractivity (Wildman–Crippen MR) is 106 cm³/mol. The van der Waals surface area contributed by atoms with Crippen LogP contribution in [0.4, 0.5) is 0 Å². The minimum Gasteiger partial charge on any atom is -0.493 e. The van der Waals surface area contributed by atoms with E-state index in [0.29, 0.717) is 19.6 Å². The Labute approximate surface area is 160 Å². The van der Waals surface area contributed by atoms with Crippen molar-refractivity contribution < 1.29 is 14.6 Å². The van der Waals surface area contributed by atoms with E-state index in [-0.39, 0.29) is 0 Å². The second-order valence-electron chi connectivity index (χ2n) is 6.03. The van der Waals surface area contributed by atoms with Gasteiger partial charge in [0.1, 0.15) is 11.8 Å². The highest BCUT2D eigenvalue weighted by molar-refractivity contribution is 9.10. The fourth-order valence-corrected chi connectivity index (χ4v) is 3.48. The van der Waals surface area contributed by atoms with E-state index < -0.39 is 12.0 Å². The lowest BCUT2D eigenvalue weighted by atomic mass is 10.0. The Morgan fingerprint density at radius 2 is 2.12 bits per heavy atom. The molecule has 0 amide bonds. The zero-order valence-corrected chi connectivity index (χ0v) is 16.0. The highest BCUT2D eigenvalue weighted by Gasteiger charge is 2.19. The van der Waals surface area contributed by atoms with Crippen molar-refractivity contribution in [2.75, 3.05) is 6.61 Å². The van der Waals surface area contributed by atoms with Crippen LogP contribution >= 0.6 is 15.9 Å². The summed E-state index contributed by atoms with van der Waals surface area (Å²) in [6.45, 7) is 3.00. The molecular weight excluding hydrogens is 396 g/mol. The lowest BCUT2D eigenvalue weighted by Crippen LogP contribution is -2.38. The Kier molecular flexibility index (Phi) is 5.96. The number of halogens is 1. The van der Waals surface area contributed by atoms with E-state index in [2.05, 4.69) is 26.2 Å². The Morgan fingerprint density at radius 3 is 2.85 bits per heavy atom. The first-order chi connectivity index (χ1) is 12.6. The van der Waals surface area contributed by atoms with E-state index in [9.17, 15) is 9.90 Å². The fraction of sp³-hybridized carbons (Fsp3) is 0.250. The van der Waals surface area contributed by atoms with Gasteiger partial charge in [0.25, 0.3) is 0 Å². The molecule has 1 heterocycles. The molecule has 3 aromatic rings. The molecule has 2 aromatic carbocycles. The van der Waals surface area contributed by atoms with E-state index in [4.69, 9.17) is 4.74 Å². The SMILES string of the molecule is CCOc1ccc(CNC(Cc2c[nH]c3ccccc23)C(=O)O)cc1Br. The molecule has 3 N–H and O–H groups in total. The number of nitrogens with one attached hydrogen (secondary N) is 2. The number of rotatable bonds is 8. The number of benzene rings is 2. The molecule has 0 aliphatic rings. The number of H-pyrrole nitrogens is 1. The van der Waals surface area contributed by atoms with Crippen molar-refractivity contribution >= 4 is 32.8 Å². The van der Waals surface area contributed by atoms with E-state index >= 15 is 0 Å². The van der Waals surface area contributed by atoms with Crippen molar-refractivity contribution in [3.05, 3.63) is 64.3 Å². The predicted octanol–water partition coefficient (Wildman–Crippen LogP) is 4.11. The average molecular weight is 417 g/mol. The van der Waals surface area contributed by atoms with Gasteiger partial charge in [-0.25, -0.2) is 0 Å². The summed E-state index contributed by atoms with van der Waals surface area (Å²) in [4.78, 5) is 14.9. The number of ether oxygens (including phenoxy) is 1. The van der Waals surface area contributed by atoms with E-state index in [0.717, 1.165) is 32.3 Å². The molecule has 1 unspecified atom stereocenters. The summed E-state index contributed by atoms with van der Waals surface area (Å²) in [7, 11) is 0. The summed E-state index contributed by atoms with van der Waals surface area (Å²) >= 11 is 3.49. The normalized spacial score (nSPS) is 12.2. The van der Waals surface area contributed by atoms with Crippen molar-refractivity contribution in [3.8, 4) is 5.75 Å². The van der Waals surface area contributed by atoms with E-state index in [1.807, 2.05) is 55.6 Å². The molecule has 6 heteroatoms. The number of para-hydroxylation sites is 1. The summed E-state index contributed by atoms with van der Waals surface area (Å²) in [5.41, 5.74) is 3.00. The van der Waals surface area contributed by atoms with Gasteiger partial charge in [0, 0.05) is 30.1 Å².